The van der Waals surface area contributed by atoms with Gasteiger partial charge in [0.1, 0.15) is 5.75 Å². The molecule has 0 aromatic heterocycles. The highest BCUT2D eigenvalue weighted by molar-refractivity contribution is 5.64. The van der Waals surface area contributed by atoms with Gasteiger partial charge in [0, 0.05) is 0 Å². The quantitative estimate of drug-likeness (QED) is 0.319. The fourth-order valence-electron chi connectivity index (χ4n) is 4.96. The monoisotopic (exact) mass is 406 g/mol. The Bertz CT molecular complexity index is 692. The number of rotatable bonds is 12. The predicted molar refractivity (Wildman–Crippen MR) is 130 cm³/mol. The molecule has 1 aliphatic carbocycles. The molecule has 2 aromatic rings. The minimum Gasteiger partial charge on any atom is -0.494 e. The van der Waals surface area contributed by atoms with E-state index in [0.717, 1.165) is 30.6 Å². The molecule has 0 bridgehead atoms. The lowest BCUT2D eigenvalue weighted by atomic mass is 9.77. The lowest BCUT2D eigenvalue weighted by Gasteiger charge is -2.28. The van der Waals surface area contributed by atoms with Gasteiger partial charge < -0.3 is 4.74 Å². The van der Waals surface area contributed by atoms with Gasteiger partial charge in [-0.15, -0.1) is 0 Å². The summed E-state index contributed by atoms with van der Waals surface area (Å²) in [5.41, 5.74) is 4.12. The van der Waals surface area contributed by atoms with E-state index in [-0.39, 0.29) is 0 Å². The van der Waals surface area contributed by atoms with Crippen molar-refractivity contribution in [2.45, 2.75) is 96.8 Å². The third kappa shape index (κ3) is 7.18. The van der Waals surface area contributed by atoms with Crippen LogP contribution in [0.25, 0.3) is 11.1 Å². The van der Waals surface area contributed by atoms with Crippen molar-refractivity contribution < 1.29 is 4.74 Å². The molecule has 1 aliphatic rings. The second kappa shape index (κ2) is 12.8. The number of hydrogen-bond acceptors (Lipinski definition) is 1. The molecule has 0 spiro atoms. The lowest BCUT2D eigenvalue weighted by molar-refractivity contribution is 0.304. The van der Waals surface area contributed by atoms with Gasteiger partial charge in [-0.3, -0.25) is 0 Å². The Labute approximate surface area is 185 Å². The molecule has 1 fully saturated rings. The second-order valence-corrected chi connectivity index (χ2v) is 9.27. The summed E-state index contributed by atoms with van der Waals surface area (Å²) < 4.78 is 5.93. The van der Waals surface area contributed by atoms with Gasteiger partial charge in [-0.1, -0.05) is 95.2 Å². The van der Waals surface area contributed by atoms with Gasteiger partial charge in [0.15, 0.2) is 0 Å². The molecule has 164 valence electrons. The van der Waals surface area contributed by atoms with Crippen molar-refractivity contribution >= 4 is 0 Å². The minimum absolute atomic E-state index is 0.768. The Morgan fingerprint density at radius 3 is 1.90 bits per heavy atom. The van der Waals surface area contributed by atoms with E-state index >= 15 is 0 Å². The van der Waals surface area contributed by atoms with E-state index in [0.29, 0.717) is 0 Å². The zero-order valence-electron chi connectivity index (χ0n) is 19.4. The zero-order chi connectivity index (χ0) is 21.0. The molecule has 1 saturated carbocycles. The highest BCUT2D eigenvalue weighted by Crippen LogP contribution is 2.38. The fourth-order valence-corrected chi connectivity index (χ4v) is 4.96. The van der Waals surface area contributed by atoms with Gasteiger partial charge in [-0.2, -0.15) is 0 Å². The van der Waals surface area contributed by atoms with E-state index in [4.69, 9.17) is 4.74 Å². The van der Waals surface area contributed by atoms with Crippen molar-refractivity contribution in [1.82, 2.24) is 0 Å². The van der Waals surface area contributed by atoms with E-state index in [2.05, 4.69) is 62.4 Å². The minimum atomic E-state index is 0.768. The third-order valence-electron chi connectivity index (χ3n) is 6.88. The Balaban J connectivity index is 1.44. The lowest BCUT2D eigenvalue weighted by Crippen LogP contribution is -2.13. The summed E-state index contributed by atoms with van der Waals surface area (Å²) in [4.78, 5) is 0. The van der Waals surface area contributed by atoms with Crippen molar-refractivity contribution in [3.8, 4) is 16.9 Å². The molecular weight excluding hydrogens is 364 g/mol. The third-order valence-corrected chi connectivity index (χ3v) is 6.88. The van der Waals surface area contributed by atoms with Crippen molar-refractivity contribution in [3.05, 3.63) is 54.1 Å². The molecule has 3 rings (SSSR count). The van der Waals surface area contributed by atoms with Crippen LogP contribution in [0.1, 0.15) is 102 Å². The summed E-state index contributed by atoms with van der Waals surface area (Å²) >= 11 is 0. The molecule has 0 saturated heterocycles. The first-order chi connectivity index (χ1) is 14.8. The Kier molecular flexibility index (Phi) is 9.80. The Morgan fingerprint density at radius 1 is 0.667 bits per heavy atom. The van der Waals surface area contributed by atoms with Crippen LogP contribution in [0.2, 0.25) is 0 Å². The van der Waals surface area contributed by atoms with Crippen LogP contribution < -0.4 is 4.74 Å². The summed E-state index contributed by atoms with van der Waals surface area (Å²) in [5, 5.41) is 0. The van der Waals surface area contributed by atoms with E-state index in [1.54, 1.807) is 0 Å². The van der Waals surface area contributed by atoms with Crippen LogP contribution in [0, 0.1) is 5.92 Å². The molecule has 0 radical (unpaired) electrons. The molecular formula is C29H42O. The number of hydrogen-bond donors (Lipinski definition) is 0. The molecule has 1 heteroatoms. The first kappa shape index (κ1) is 22.9. The molecule has 0 atom stereocenters. The molecule has 0 N–H and O–H groups in total. The van der Waals surface area contributed by atoms with Gasteiger partial charge >= 0.3 is 0 Å². The number of ether oxygens (including phenoxy) is 1. The van der Waals surface area contributed by atoms with Gasteiger partial charge in [0.05, 0.1) is 6.61 Å². The average molecular weight is 407 g/mol. The standard InChI is InChI=1S/C29H42O/c1-3-5-6-7-8-9-23-30-29-21-19-28(20-22-29)27-17-15-26(16-18-27)25-13-11-24(10-4-2)12-14-25/h15-22,24-25H,3-14,23H2,1-2H3. The summed E-state index contributed by atoms with van der Waals surface area (Å²) in [5.74, 6) is 2.74. The fraction of sp³-hybridized carbons (Fsp3) is 0.586. The van der Waals surface area contributed by atoms with Crippen LogP contribution in [-0.4, -0.2) is 6.61 Å². The topological polar surface area (TPSA) is 9.23 Å². The molecule has 30 heavy (non-hydrogen) atoms. The maximum absolute atomic E-state index is 5.93. The molecule has 0 amide bonds. The van der Waals surface area contributed by atoms with Crippen LogP contribution in [0.3, 0.4) is 0 Å². The van der Waals surface area contributed by atoms with E-state index < -0.39 is 0 Å². The van der Waals surface area contributed by atoms with E-state index in [9.17, 15) is 0 Å². The van der Waals surface area contributed by atoms with E-state index in [1.807, 2.05) is 0 Å². The first-order valence-corrected chi connectivity index (χ1v) is 12.6. The Morgan fingerprint density at radius 2 is 1.27 bits per heavy atom. The molecule has 0 unspecified atom stereocenters. The normalized spacial score (nSPS) is 19.0. The summed E-state index contributed by atoms with van der Waals surface area (Å²) in [7, 11) is 0. The second-order valence-electron chi connectivity index (χ2n) is 9.27. The molecule has 0 heterocycles. The van der Waals surface area contributed by atoms with Crippen LogP contribution in [0.15, 0.2) is 48.5 Å². The van der Waals surface area contributed by atoms with Crippen LogP contribution in [-0.2, 0) is 0 Å². The van der Waals surface area contributed by atoms with Crippen LogP contribution in [0.5, 0.6) is 5.75 Å². The zero-order valence-corrected chi connectivity index (χ0v) is 19.4. The van der Waals surface area contributed by atoms with Gasteiger partial charge in [-0.05, 0) is 72.8 Å². The smallest absolute Gasteiger partial charge is 0.119 e. The van der Waals surface area contributed by atoms with Crippen molar-refractivity contribution in [2.75, 3.05) is 6.61 Å². The summed E-state index contributed by atoms with van der Waals surface area (Å²) in [6.07, 6.45) is 16.2. The van der Waals surface area contributed by atoms with Gasteiger partial charge in [0.25, 0.3) is 0 Å². The van der Waals surface area contributed by atoms with Gasteiger partial charge in [-0.25, -0.2) is 0 Å². The average Bonchev–Trinajstić information content (AvgIpc) is 2.80. The first-order valence-electron chi connectivity index (χ1n) is 12.6. The van der Waals surface area contributed by atoms with Crippen LogP contribution in [0.4, 0.5) is 0 Å². The predicted octanol–water partition coefficient (Wildman–Crippen LogP) is 9.17. The number of benzene rings is 2. The SMILES string of the molecule is CCCCCCCCOc1ccc(-c2ccc(C3CCC(CCC)CC3)cc2)cc1. The maximum Gasteiger partial charge on any atom is 0.119 e. The van der Waals surface area contributed by atoms with Gasteiger partial charge in [0.2, 0.25) is 0 Å². The van der Waals surface area contributed by atoms with Crippen molar-refractivity contribution in [1.29, 1.82) is 0 Å². The van der Waals surface area contributed by atoms with Crippen molar-refractivity contribution in [2.24, 2.45) is 5.92 Å². The van der Waals surface area contributed by atoms with Crippen LogP contribution >= 0.6 is 0 Å². The highest BCUT2D eigenvalue weighted by atomic mass is 16.5. The summed E-state index contributed by atoms with van der Waals surface area (Å²) in [6.45, 7) is 5.42. The number of unbranched alkanes of at least 4 members (excludes halogenated alkanes) is 5. The molecule has 0 aliphatic heterocycles. The van der Waals surface area contributed by atoms with E-state index in [1.165, 1.54) is 87.3 Å². The van der Waals surface area contributed by atoms with Crippen molar-refractivity contribution in [3.63, 3.8) is 0 Å². The largest absolute Gasteiger partial charge is 0.494 e. The molecule has 2 aromatic carbocycles. The maximum atomic E-state index is 5.93. The highest BCUT2D eigenvalue weighted by Gasteiger charge is 2.21. The molecule has 1 nitrogen and oxygen atoms in total. The summed E-state index contributed by atoms with van der Waals surface area (Å²) in [6, 6.07) is 18.0. The Hall–Kier alpha value is -1.76.